The van der Waals surface area contributed by atoms with E-state index in [4.69, 9.17) is 5.11 Å². The van der Waals surface area contributed by atoms with Crippen LogP contribution in [0, 0.1) is 0 Å². The Morgan fingerprint density at radius 3 is 2.33 bits per heavy atom. The lowest BCUT2D eigenvalue weighted by Crippen LogP contribution is -2.26. The number of nitrogens with zero attached hydrogens (tertiary/aromatic N) is 1. The molecule has 1 aromatic carbocycles. The number of hydrogen-bond acceptors (Lipinski definition) is 2. The van der Waals surface area contributed by atoms with Crippen molar-refractivity contribution in [1.82, 2.24) is 4.90 Å². The monoisotopic (exact) mass is 203 g/mol. The maximum absolute atomic E-state index is 9.17. The van der Waals surface area contributed by atoms with Crippen LogP contribution in [-0.4, -0.2) is 30.1 Å². The molecule has 2 rings (SSSR count). The van der Waals surface area contributed by atoms with Crippen LogP contribution in [0.15, 0.2) is 29.8 Å². The van der Waals surface area contributed by atoms with E-state index in [9.17, 15) is 0 Å². The Morgan fingerprint density at radius 2 is 1.73 bits per heavy atom. The van der Waals surface area contributed by atoms with Gasteiger partial charge in [-0.05, 0) is 37.6 Å². The Hall–Kier alpha value is -1.28. The molecular formula is C13H17NO. The number of likely N-dealkylation sites (tertiary alicyclic amines) is 1. The third-order valence-corrected chi connectivity index (χ3v) is 2.89. The van der Waals surface area contributed by atoms with Crippen LogP contribution in [-0.2, 0) is 0 Å². The van der Waals surface area contributed by atoms with Crippen molar-refractivity contribution in [2.75, 3.05) is 20.1 Å². The highest BCUT2D eigenvalue weighted by molar-refractivity contribution is 5.54. The Kier molecular flexibility index (Phi) is 3.07. The lowest BCUT2D eigenvalue weighted by molar-refractivity contribution is 0.313. The van der Waals surface area contributed by atoms with Crippen LogP contribution >= 0.6 is 0 Å². The Balaban J connectivity index is 2.06. The smallest absolute Gasteiger partial charge is 0.115 e. The van der Waals surface area contributed by atoms with E-state index < -0.39 is 0 Å². The van der Waals surface area contributed by atoms with Gasteiger partial charge in [0.15, 0.2) is 0 Å². The number of benzene rings is 1. The second kappa shape index (κ2) is 4.49. The van der Waals surface area contributed by atoms with Crippen molar-refractivity contribution < 1.29 is 5.11 Å². The minimum absolute atomic E-state index is 0.334. The Labute approximate surface area is 90.8 Å². The third-order valence-electron chi connectivity index (χ3n) is 2.89. The lowest BCUT2D eigenvalue weighted by Gasteiger charge is -2.24. The molecule has 0 spiro atoms. The number of phenolic OH excluding ortho intramolecular Hbond substituents is 1. The van der Waals surface area contributed by atoms with Crippen molar-refractivity contribution in [3.63, 3.8) is 0 Å². The molecule has 2 heteroatoms. The largest absolute Gasteiger partial charge is 0.508 e. The molecule has 1 aliphatic heterocycles. The fourth-order valence-electron chi connectivity index (χ4n) is 1.86. The summed E-state index contributed by atoms with van der Waals surface area (Å²) in [6.45, 7) is 2.31. The summed E-state index contributed by atoms with van der Waals surface area (Å²) in [6.07, 6.45) is 4.57. The Bertz CT molecular complexity index is 343. The van der Waals surface area contributed by atoms with E-state index >= 15 is 0 Å². The van der Waals surface area contributed by atoms with Crippen molar-refractivity contribution >= 4 is 6.08 Å². The molecule has 0 atom stereocenters. The number of rotatable bonds is 1. The summed E-state index contributed by atoms with van der Waals surface area (Å²) < 4.78 is 0. The van der Waals surface area contributed by atoms with Gasteiger partial charge in [0.25, 0.3) is 0 Å². The van der Waals surface area contributed by atoms with Crippen LogP contribution in [0.3, 0.4) is 0 Å². The zero-order chi connectivity index (χ0) is 10.7. The third kappa shape index (κ3) is 2.83. The van der Waals surface area contributed by atoms with Crippen molar-refractivity contribution in [1.29, 1.82) is 0 Å². The first-order chi connectivity index (χ1) is 7.24. The Morgan fingerprint density at radius 1 is 1.13 bits per heavy atom. The van der Waals surface area contributed by atoms with Gasteiger partial charge in [-0.3, -0.25) is 0 Å². The van der Waals surface area contributed by atoms with Crippen LogP contribution in [0.2, 0.25) is 0 Å². The molecule has 0 unspecified atom stereocenters. The van der Waals surface area contributed by atoms with Crippen molar-refractivity contribution in [2.45, 2.75) is 12.8 Å². The van der Waals surface area contributed by atoms with Gasteiger partial charge in [0, 0.05) is 13.1 Å². The summed E-state index contributed by atoms with van der Waals surface area (Å²) in [5, 5.41) is 9.17. The van der Waals surface area contributed by atoms with Gasteiger partial charge in [-0.25, -0.2) is 0 Å². The van der Waals surface area contributed by atoms with Gasteiger partial charge >= 0.3 is 0 Å². The fourth-order valence-corrected chi connectivity index (χ4v) is 1.86. The molecule has 0 bridgehead atoms. The molecule has 2 nitrogen and oxygen atoms in total. The molecular weight excluding hydrogens is 186 g/mol. The van der Waals surface area contributed by atoms with E-state index in [0.717, 1.165) is 25.9 Å². The van der Waals surface area contributed by atoms with E-state index in [0.29, 0.717) is 5.75 Å². The van der Waals surface area contributed by atoms with Gasteiger partial charge < -0.3 is 10.0 Å². The van der Waals surface area contributed by atoms with Crippen molar-refractivity contribution in [3.05, 3.63) is 35.4 Å². The molecule has 1 fully saturated rings. The molecule has 1 heterocycles. The first-order valence-electron chi connectivity index (χ1n) is 5.41. The minimum Gasteiger partial charge on any atom is -0.508 e. The van der Waals surface area contributed by atoms with Crippen LogP contribution in [0.25, 0.3) is 6.08 Å². The van der Waals surface area contributed by atoms with Gasteiger partial charge in [-0.1, -0.05) is 23.8 Å². The maximum atomic E-state index is 9.17. The van der Waals surface area contributed by atoms with E-state index in [2.05, 4.69) is 18.0 Å². The highest BCUT2D eigenvalue weighted by Gasteiger charge is 2.09. The molecule has 1 aromatic rings. The van der Waals surface area contributed by atoms with Gasteiger partial charge in [0.05, 0.1) is 0 Å². The van der Waals surface area contributed by atoms with Crippen LogP contribution < -0.4 is 0 Å². The molecule has 1 saturated heterocycles. The summed E-state index contributed by atoms with van der Waals surface area (Å²) in [4.78, 5) is 2.36. The average molecular weight is 203 g/mol. The lowest BCUT2D eigenvalue weighted by atomic mass is 10.0. The normalized spacial score (nSPS) is 17.8. The number of hydrogen-bond donors (Lipinski definition) is 1. The number of aromatic hydroxyl groups is 1. The summed E-state index contributed by atoms with van der Waals surface area (Å²) in [5.74, 6) is 0.334. The summed E-state index contributed by atoms with van der Waals surface area (Å²) in [6, 6.07) is 7.39. The highest BCUT2D eigenvalue weighted by atomic mass is 16.3. The van der Waals surface area contributed by atoms with E-state index in [1.807, 2.05) is 12.1 Å². The predicted octanol–water partition coefficient (Wildman–Crippen LogP) is 2.50. The van der Waals surface area contributed by atoms with Gasteiger partial charge in [-0.2, -0.15) is 0 Å². The van der Waals surface area contributed by atoms with Crippen molar-refractivity contribution in [2.24, 2.45) is 0 Å². The maximum Gasteiger partial charge on any atom is 0.115 e. The molecule has 1 N–H and O–H groups in total. The topological polar surface area (TPSA) is 23.5 Å². The zero-order valence-electron chi connectivity index (χ0n) is 9.11. The summed E-state index contributed by atoms with van der Waals surface area (Å²) >= 11 is 0. The first kappa shape index (κ1) is 10.2. The standard InChI is InChI=1S/C13H17NO/c1-14-8-6-12(7-9-14)10-11-2-4-13(15)5-3-11/h2-5,10,15H,6-9H2,1H3. The highest BCUT2D eigenvalue weighted by Crippen LogP contribution is 2.19. The average Bonchev–Trinajstić information content (AvgIpc) is 2.25. The summed E-state index contributed by atoms with van der Waals surface area (Å²) in [7, 11) is 2.16. The molecule has 0 aliphatic carbocycles. The molecule has 0 saturated carbocycles. The number of phenols is 1. The SMILES string of the molecule is CN1CCC(=Cc2ccc(O)cc2)CC1. The van der Waals surface area contributed by atoms with Crippen LogP contribution in [0.4, 0.5) is 0 Å². The zero-order valence-corrected chi connectivity index (χ0v) is 9.11. The second-order valence-electron chi connectivity index (χ2n) is 4.20. The molecule has 0 amide bonds. The predicted molar refractivity (Wildman–Crippen MR) is 62.8 cm³/mol. The van der Waals surface area contributed by atoms with E-state index in [1.54, 1.807) is 12.1 Å². The molecule has 80 valence electrons. The van der Waals surface area contributed by atoms with Gasteiger partial charge in [-0.15, -0.1) is 0 Å². The molecule has 0 aromatic heterocycles. The van der Waals surface area contributed by atoms with Gasteiger partial charge in [0.1, 0.15) is 5.75 Å². The molecule has 1 aliphatic rings. The molecule has 0 radical (unpaired) electrons. The van der Waals surface area contributed by atoms with Crippen LogP contribution in [0.5, 0.6) is 5.75 Å². The fraction of sp³-hybridized carbons (Fsp3) is 0.385. The number of piperidine rings is 1. The quantitative estimate of drug-likeness (QED) is 0.758. The molecule has 15 heavy (non-hydrogen) atoms. The second-order valence-corrected chi connectivity index (χ2v) is 4.20. The van der Waals surface area contributed by atoms with E-state index in [-0.39, 0.29) is 0 Å². The van der Waals surface area contributed by atoms with E-state index in [1.165, 1.54) is 11.1 Å². The summed E-state index contributed by atoms with van der Waals surface area (Å²) in [5.41, 5.74) is 2.70. The van der Waals surface area contributed by atoms with Crippen molar-refractivity contribution in [3.8, 4) is 5.75 Å². The minimum atomic E-state index is 0.334. The van der Waals surface area contributed by atoms with Gasteiger partial charge in [0.2, 0.25) is 0 Å². The van der Waals surface area contributed by atoms with Crippen LogP contribution in [0.1, 0.15) is 18.4 Å². The first-order valence-corrected chi connectivity index (χ1v) is 5.41.